The molecule has 17 heteroatoms. The second-order valence-electron chi connectivity index (χ2n) is 17.6. The smallest absolute Gasteiger partial charge is 0.164 e. The van der Waals surface area contributed by atoms with Gasteiger partial charge in [0.1, 0.15) is 105 Å². The number of hydrogen-bond acceptors (Lipinski definition) is 4. The zero-order valence-corrected chi connectivity index (χ0v) is 37.9. The number of hydrogen-bond donors (Lipinski definition) is 0. The normalized spacial score (nSPS) is 11.7. The van der Waals surface area contributed by atoms with Crippen LogP contribution in [0.2, 0.25) is 0 Å². The Morgan fingerprint density at radius 2 is 0.806 bits per heavy atom. The van der Waals surface area contributed by atoms with Gasteiger partial charge in [-0.2, -0.15) is 0 Å². The summed E-state index contributed by atoms with van der Waals surface area (Å²) in [6, 6.07) is 33.2. The average molecular weight is 783 g/mol. The molecule has 10 aromatic rings. The molecule has 0 atom stereocenters. The molecule has 0 bridgehead atoms. The lowest BCUT2D eigenvalue weighted by atomic mass is 9.57. The van der Waals surface area contributed by atoms with Crippen molar-refractivity contribution in [2.45, 2.75) is 0 Å². The van der Waals surface area contributed by atoms with Crippen LogP contribution in [0.4, 0.5) is 0 Å². The van der Waals surface area contributed by atoms with E-state index in [1.165, 1.54) is 98.5 Å². The lowest BCUT2D eigenvalue weighted by molar-refractivity contribution is 0.669. The second-order valence-corrected chi connectivity index (χ2v) is 17.6. The Labute approximate surface area is 373 Å². The van der Waals surface area contributed by atoms with Gasteiger partial charge in [-0.1, -0.05) is 110 Å². The SMILES string of the molecule is Bc1c(B)c(B)c(-c2c(B)c(B)c3c(c2B)c2c(B)c(B)c(B)c(B)c2n3-c2ccc3oc4cc(-c5nc(-c6ccccc6)nc(-c6ccccc6)n5)ccc4c3c2)c(B)c1B. The van der Waals surface area contributed by atoms with E-state index in [0.29, 0.717) is 17.5 Å². The zero-order chi connectivity index (χ0) is 43.5. The molecule has 0 saturated heterocycles. The van der Waals surface area contributed by atoms with E-state index >= 15 is 0 Å². The summed E-state index contributed by atoms with van der Waals surface area (Å²) in [5, 5.41) is 4.82. The summed E-state index contributed by atoms with van der Waals surface area (Å²) >= 11 is 0. The van der Waals surface area contributed by atoms with E-state index in [4.69, 9.17) is 19.4 Å². The highest BCUT2D eigenvalue weighted by Gasteiger charge is 2.27. The number of nitrogens with zero attached hydrogens (tertiary/aromatic N) is 4. The number of fused-ring (bicyclic) bond motifs is 6. The maximum atomic E-state index is 6.67. The van der Waals surface area contributed by atoms with Crippen LogP contribution in [0.25, 0.3) is 94.7 Å². The first kappa shape index (κ1) is 40.0. The molecule has 0 fully saturated rings. The molecule has 0 radical (unpaired) electrons. The van der Waals surface area contributed by atoms with Crippen LogP contribution in [0.5, 0.6) is 0 Å². The Hall–Kier alpha value is -6.07. The van der Waals surface area contributed by atoms with E-state index in [1.54, 1.807) is 0 Å². The molecular weight excluding hydrogens is 742 g/mol. The Morgan fingerprint density at radius 3 is 1.39 bits per heavy atom. The van der Waals surface area contributed by atoms with Crippen LogP contribution < -0.4 is 65.6 Å². The molecule has 0 unspecified atom stereocenters. The van der Waals surface area contributed by atoms with E-state index in [9.17, 15) is 0 Å². The third kappa shape index (κ3) is 5.91. The van der Waals surface area contributed by atoms with Crippen molar-refractivity contribution >= 4 is 203 Å². The van der Waals surface area contributed by atoms with Gasteiger partial charge in [0.25, 0.3) is 0 Å². The highest BCUT2D eigenvalue weighted by molar-refractivity contribution is 6.72. The predicted molar refractivity (Wildman–Crippen MR) is 301 cm³/mol. The minimum atomic E-state index is 0.601. The van der Waals surface area contributed by atoms with E-state index in [1.807, 2.05) is 60.7 Å². The molecule has 7 aromatic carbocycles. The van der Waals surface area contributed by atoms with Crippen molar-refractivity contribution in [3.8, 4) is 51.0 Å². The summed E-state index contributed by atoms with van der Waals surface area (Å²) in [5.74, 6) is 1.87. The number of furan rings is 1. The standard InChI is InChI=1S/C45H40B12N4O/c46-29-25(26-30(47)34(51)37(54)35(52)31(26)48)32(49)39(56)41-27(29)28-33(50)36(53)38(55)40(57)42(28)61(41)20-12-14-23-22(16-20)21-13-11-19(15-24(21)62-23)45-59-43(17-7-3-1-4-8-17)58-44(60-45)18-9-5-2-6-10-18/h1-16H,46-57H2. The quantitative estimate of drug-likeness (QED) is 0.163. The molecule has 0 saturated carbocycles. The van der Waals surface area contributed by atoms with Crippen LogP contribution in [-0.4, -0.2) is 114 Å². The van der Waals surface area contributed by atoms with Crippen molar-refractivity contribution in [1.82, 2.24) is 19.5 Å². The van der Waals surface area contributed by atoms with Gasteiger partial charge in [-0.3, -0.25) is 0 Å². The van der Waals surface area contributed by atoms with Crippen LogP contribution in [0.1, 0.15) is 0 Å². The first-order chi connectivity index (χ1) is 29.8. The van der Waals surface area contributed by atoms with Gasteiger partial charge >= 0.3 is 0 Å². The lowest BCUT2D eigenvalue weighted by Crippen LogP contribution is -2.56. The maximum Gasteiger partial charge on any atom is 0.164 e. The third-order valence-corrected chi connectivity index (χ3v) is 14.6. The molecule has 0 amide bonds. The van der Waals surface area contributed by atoms with Crippen LogP contribution in [-0.2, 0) is 0 Å². The minimum Gasteiger partial charge on any atom is -0.456 e. The third-order valence-electron chi connectivity index (χ3n) is 14.6. The van der Waals surface area contributed by atoms with Gasteiger partial charge in [0.05, 0.1) is 0 Å². The fourth-order valence-corrected chi connectivity index (χ4v) is 10.2. The minimum absolute atomic E-state index is 0.601. The molecule has 282 valence electrons. The number of rotatable bonds is 5. The van der Waals surface area contributed by atoms with Crippen molar-refractivity contribution in [2.24, 2.45) is 0 Å². The Balaban J connectivity index is 1.20. The fraction of sp³-hybridized carbons (Fsp3) is 0. The van der Waals surface area contributed by atoms with Gasteiger partial charge in [0.2, 0.25) is 0 Å². The molecule has 10 rings (SSSR count). The molecule has 0 aliphatic rings. The molecular formula is C45H40B12N4O. The topological polar surface area (TPSA) is 56.7 Å². The van der Waals surface area contributed by atoms with Crippen LogP contribution in [0.3, 0.4) is 0 Å². The van der Waals surface area contributed by atoms with Crippen LogP contribution in [0.15, 0.2) is 101 Å². The highest BCUT2D eigenvalue weighted by Crippen LogP contribution is 2.36. The van der Waals surface area contributed by atoms with Crippen LogP contribution >= 0.6 is 0 Å². The lowest BCUT2D eigenvalue weighted by Gasteiger charge is -2.25. The van der Waals surface area contributed by atoms with Crippen molar-refractivity contribution in [3.63, 3.8) is 0 Å². The highest BCUT2D eigenvalue weighted by atomic mass is 16.3. The van der Waals surface area contributed by atoms with E-state index in [2.05, 4.69) is 135 Å². The van der Waals surface area contributed by atoms with Crippen molar-refractivity contribution in [3.05, 3.63) is 97.1 Å². The molecule has 3 aromatic heterocycles. The van der Waals surface area contributed by atoms with Crippen molar-refractivity contribution in [1.29, 1.82) is 0 Å². The van der Waals surface area contributed by atoms with Gasteiger partial charge in [0.15, 0.2) is 17.5 Å². The molecule has 0 N–H and O–H groups in total. The van der Waals surface area contributed by atoms with Crippen LogP contribution in [0, 0.1) is 0 Å². The van der Waals surface area contributed by atoms with Gasteiger partial charge in [-0.05, 0) is 46.8 Å². The Kier molecular flexibility index (Phi) is 9.55. The summed E-state index contributed by atoms with van der Waals surface area (Å²) in [6.07, 6.45) is 0. The number of aromatic nitrogens is 4. The molecule has 62 heavy (non-hydrogen) atoms. The number of benzene rings is 7. The molecule has 0 aliphatic heterocycles. The van der Waals surface area contributed by atoms with Gasteiger partial charge in [-0.25, -0.2) is 15.0 Å². The fourth-order valence-electron chi connectivity index (χ4n) is 10.2. The summed E-state index contributed by atoms with van der Waals surface area (Å²) in [5.41, 5.74) is 27.1. The van der Waals surface area contributed by atoms with Crippen molar-refractivity contribution < 1.29 is 4.42 Å². The Morgan fingerprint density at radius 1 is 0.355 bits per heavy atom. The second kappa shape index (κ2) is 14.8. The Bertz CT molecular complexity index is 3470. The van der Waals surface area contributed by atoms with E-state index in [0.717, 1.165) is 44.3 Å². The molecule has 0 spiro atoms. The molecule has 0 aliphatic carbocycles. The summed E-state index contributed by atoms with van der Waals surface area (Å²) in [4.78, 5) is 14.9. The average Bonchev–Trinajstić information content (AvgIpc) is 3.86. The first-order valence-corrected chi connectivity index (χ1v) is 21.7. The summed E-state index contributed by atoms with van der Waals surface area (Å²) in [6.45, 7) is 0. The van der Waals surface area contributed by atoms with Gasteiger partial charge < -0.3 is 8.98 Å². The molecule has 3 heterocycles. The predicted octanol–water partition coefficient (Wildman–Crippen LogP) is -9.36. The maximum absolute atomic E-state index is 6.67. The zero-order valence-electron chi connectivity index (χ0n) is 37.9. The first-order valence-electron chi connectivity index (χ1n) is 21.7. The summed E-state index contributed by atoms with van der Waals surface area (Å²) < 4.78 is 9.22. The summed E-state index contributed by atoms with van der Waals surface area (Å²) in [7, 11) is 27.7. The van der Waals surface area contributed by atoms with Gasteiger partial charge in [-0.15, -0.1) is 21.9 Å². The van der Waals surface area contributed by atoms with Gasteiger partial charge in [0, 0.05) is 49.6 Å². The monoisotopic (exact) mass is 784 g/mol. The molecule has 5 nitrogen and oxygen atoms in total. The largest absolute Gasteiger partial charge is 0.456 e. The van der Waals surface area contributed by atoms with E-state index in [-0.39, 0.29) is 0 Å². The van der Waals surface area contributed by atoms with E-state index < -0.39 is 0 Å². The van der Waals surface area contributed by atoms with Crippen molar-refractivity contribution in [2.75, 3.05) is 0 Å².